The van der Waals surface area contributed by atoms with Gasteiger partial charge in [0.2, 0.25) is 0 Å². The first-order chi connectivity index (χ1) is 6.06. The summed E-state index contributed by atoms with van der Waals surface area (Å²) in [5.74, 6) is 0.347. The van der Waals surface area contributed by atoms with Crippen LogP contribution in [-0.4, -0.2) is 4.92 Å². The zero-order valence-corrected chi connectivity index (χ0v) is 9.22. The van der Waals surface area contributed by atoms with Crippen LogP contribution in [0.4, 0.5) is 5.69 Å². The SMILES string of the molecule is Cc1cc(CCl)c(Br)cc1[N+](=O)[O-]. The highest BCUT2D eigenvalue weighted by molar-refractivity contribution is 9.10. The number of nitro benzene ring substituents is 1. The van der Waals surface area contributed by atoms with Gasteiger partial charge in [-0.3, -0.25) is 10.1 Å². The fourth-order valence-electron chi connectivity index (χ4n) is 1.03. The molecule has 1 aromatic rings. The van der Waals surface area contributed by atoms with Crippen molar-refractivity contribution in [1.82, 2.24) is 0 Å². The van der Waals surface area contributed by atoms with Crippen LogP contribution in [0.5, 0.6) is 0 Å². The maximum Gasteiger partial charge on any atom is 0.273 e. The van der Waals surface area contributed by atoms with Gasteiger partial charge in [-0.1, -0.05) is 15.9 Å². The summed E-state index contributed by atoms with van der Waals surface area (Å²) < 4.78 is 0.680. The molecule has 0 aliphatic carbocycles. The molecule has 5 heteroatoms. The molecule has 3 nitrogen and oxygen atoms in total. The maximum absolute atomic E-state index is 10.5. The molecule has 0 heterocycles. The van der Waals surface area contributed by atoms with Gasteiger partial charge in [0.05, 0.1) is 4.92 Å². The summed E-state index contributed by atoms with van der Waals surface area (Å²) in [7, 11) is 0. The highest BCUT2D eigenvalue weighted by Crippen LogP contribution is 2.27. The Kier molecular flexibility index (Phi) is 3.27. The normalized spacial score (nSPS) is 10.1. The molecule has 0 atom stereocenters. The van der Waals surface area contributed by atoms with Gasteiger partial charge in [-0.2, -0.15) is 0 Å². The van der Waals surface area contributed by atoms with Gasteiger partial charge in [0, 0.05) is 22.0 Å². The van der Waals surface area contributed by atoms with Crippen LogP contribution in [0, 0.1) is 17.0 Å². The molecule has 0 radical (unpaired) electrons. The van der Waals surface area contributed by atoms with E-state index in [1.54, 1.807) is 13.0 Å². The molecule has 0 aromatic heterocycles. The van der Waals surface area contributed by atoms with E-state index in [-0.39, 0.29) is 5.69 Å². The predicted octanol–water partition coefficient (Wildman–Crippen LogP) is 3.40. The Morgan fingerprint density at radius 3 is 2.69 bits per heavy atom. The molecule has 0 unspecified atom stereocenters. The van der Waals surface area contributed by atoms with Crippen molar-refractivity contribution in [3.63, 3.8) is 0 Å². The zero-order chi connectivity index (χ0) is 10.0. The van der Waals surface area contributed by atoms with Crippen LogP contribution in [-0.2, 0) is 5.88 Å². The lowest BCUT2D eigenvalue weighted by Gasteiger charge is -2.02. The average molecular weight is 265 g/mol. The molecule has 13 heavy (non-hydrogen) atoms. The van der Waals surface area contributed by atoms with E-state index in [0.717, 1.165) is 5.56 Å². The van der Waals surface area contributed by atoms with Crippen molar-refractivity contribution in [2.45, 2.75) is 12.8 Å². The number of nitro groups is 1. The first-order valence-corrected chi connectivity index (χ1v) is 4.88. The molecule has 0 saturated heterocycles. The first-order valence-electron chi connectivity index (χ1n) is 3.55. The highest BCUT2D eigenvalue weighted by atomic mass is 79.9. The predicted molar refractivity (Wildman–Crippen MR) is 55.1 cm³/mol. The van der Waals surface area contributed by atoms with E-state index >= 15 is 0 Å². The molecule has 1 aromatic carbocycles. The summed E-state index contributed by atoms with van der Waals surface area (Å²) >= 11 is 8.86. The lowest BCUT2D eigenvalue weighted by Crippen LogP contribution is -1.93. The summed E-state index contributed by atoms with van der Waals surface area (Å²) in [4.78, 5) is 10.1. The monoisotopic (exact) mass is 263 g/mol. The van der Waals surface area contributed by atoms with Crippen molar-refractivity contribution >= 4 is 33.2 Å². The van der Waals surface area contributed by atoms with Crippen molar-refractivity contribution in [3.8, 4) is 0 Å². The number of nitrogens with zero attached hydrogens (tertiary/aromatic N) is 1. The van der Waals surface area contributed by atoms with Crippen molar-refractivity contribution < 1.29 is 4.92 Å². The molecule has 0 aliphatic rings. The third-order valence-electron chi connectivity index (χ3n) is 1.71. The van der Waals surface area contributed by atoms with Crippen molar-refractivity contribution in [1.29, 1.82) is 0 Å². The minimum absolute atomic E-state index is 0.112. The van der Waals surface area contributed by atoms with E-state index in [4.69, 9.17) is 11.6 Å². The highest BCUT2D eigenvalue weighted by Gasteiger charge is 2.13. The van der Waals surface area contributed by atoms with Crippen LogP contribution in [0.2, 0.25) is 0 Å². The van der Waals surface area contributed by atoms with Gasteiger partial charge in [-0.15, -0.1) is 11.6 Å². The Hall–Kier alpha value is -0.610. The van der Waals surface area contributed by atoms with Crippen LogP contribution < -0.4 is 0 Å². The van der Waals surface area contributed by atoms with Gasteiger partial charge >= 0.3 is 0 Å². The minimum atomic E-state index is -0.405. The molecule has 0 amide bonds. The summed E-state index contributed by atoms with van der Waals surface area (Å²) in [6.45, 7) is 1.70. The van der Waals surface area contributed by atoms with Crippen LogP contribution in [0.1, 0.15) is 11.1 Å². The van der Waals surface area contributed by atoms with Crippen molar-refractivity contribution in [2.24, 2.45) is 0 Å². The van der Waals surface area contributed by atoms with Gasteiger partial charge in [0.25, 0.3) is 5.69 Å². The molecular weight excluding hydrogens is 257 g/mol. The van der Waals surface area contributed by atoms with Crippen molar-refractivity contribution in [2.75, 3.05) is 0 Å². The molecule has 0 spiro atoms. The average Bonchev–Trinajstić information content (AvgIpc) is 2.07. The van der Waals surface area contributed by atoms with E-state index in [1.807, 2.05) is 0 Å². The van der Waals surface area contributed by atoms with E-state index < -0.39 is 4.92 Å². The van der Waals surface area contributed by atoms with Crippen LogP contribution in [0.25, 0.3) is 0 Å². The Morgan fingerprint density at radius 2 is 2.23 bits per heavy atom. The minimum Gasteiger partial charge on any atom is -0.258 e. The largest absolute Gasteiger partial charge is 0.273 e. The third-order valence-corrected chi connectivity index (χ3v) is 2.73. The number of benzene rings is 1. The number of rotatable bonds is 2. The molecule has 1 rings (SSSR count). The number of alkyl halides is 1. The number of hydrogen-bond acceptors (Lipinski definition) is 2. The molecule has 0 saturated carbocycles. The molecule has 70 valence electrons. The number of halogens is 2. The molecular formula is C8H7BrClNO2. The number of aryl methyl sites for hydroxylation is 1. The quantitative estimate of drug-likeness (QED) is 0.467. The fraction of sp³-hybridized carbons (Fsp3) is 0.250. The summed E-state index contributed by atoms with van der Waals surface area (Å²) in [5.41, 5.74) is 1.61. The Bertz CT molecular complexity index is 354. The first kappa shape index (κ1) is 10.5. The summed E-state index contributed by atoms with van der Waals surface area (Å²) in [5, 5.41) is 10.5. The van der Waals surface area contributed by atoms with Gasteiger partial charge in [-0.05, 0) is 18.6 Å². The standard InChI is InChI=1S/C8H7BrClNO2/c1-5-2-6(4-10)7(9)3-8(5)11(12)13/h2-3H,4H2,1H3. The Balaban J connectivity index is 3.28. The lowest BCUT2D eigenvalue weighted by atomic mass is 10.1. The smallest absolute Gasteiger partial charge is 0.258 e. The van der Waals surface area contributed by atoms with Gasteiger partial charge in [-0.25, -0.2) is 0 Å². The molecule has 0 bridgehead atoms. The molecule has 0 N–H and O–H groups in total. The van der Waals surface area contributed by atoms with Gasteiger partial charge < -0.3 is 0 Å². The van der Waals surface area contributed by atoms with E-state index in [9.17, 15) is 10.1 Å². The second kappa shape index (κ2) is 4.07. The zero-order valence-electron chi connectivity index (χ0n) is 6.88. The van der Waals surface area contributed by atoms with E-state index in [1.165, 1.54) is 6.07 Å². The second-order valence-electron chi connectivity index (χ2n) is 2.62. The van der Waals surface area contributed by atoms with Crippen LogP contribution in [0.3, 0.4) is 0 Å². The van der Waals surface area contributed by atoms with E-state index in [2.05, 4.69) is 15.9 Å². The molecule has 0 fully saturated rings. The summed E-state index contributed by atoms with van der Waals surface area (Å²) in [6.07, 6.45) is 0. The third kappa shape index (κ3) is 2.19. The van der Waals surface area contributed by atoms with Gasteiger partial charge in [0.15, 0.2) is 0 Å². The Morgan fingerprint density at radius 1 is 1.62 bits per heavy atom. The summed E-state index contributed by atoms with van der Waals surface area (Å²) in [6, 6.07) is 3.20. The topological polar surface area (TPSA) is 43.1 Å². The maximum atomic E-state index is 10.5. The van der Waals surface area contributed by atoms with Crippen LogP contribution >= 0.6 is 27.5 Å². The lowest BCUT2D eigenvalue weighted by molar-refractivity contribution is -0.385. The number of hydrogen-bond donors (Lipinski definition) is 0. The van der Waals surface area contributed by atoms with E-state index in [0.29, 0.717) is 15.9 Å². The Labute approximate surface area is 89.0 Å². The van der Waals surface area contributed by atoms with Gasteiger partial charge in [0.1, 0.15) is 0 Å². The second-order valence-corrected chi connectivity index (χ2v) is 3.74. The molecule has 0 aliphatic heterocycles. The van der Waals surface area contributed by atoms with Crippen molar-refractivity contribution in [3.05, 3.63) is 37.8 Å². The van der Waals surface area contributed by atoms with Crippen LogP contribution in [0.15, 0.2) is 16.6 Å². The fourth-order valence-corrected chi connectivity index (χ4v) is 1.88.